The van der Waals surface area contributed by atoms with Crippen LogP contribution < -0.4 is 20.5 Å². The summed E-state index contributed by atoms with van der Waals surface area (Å²) in [5.41, 5.74) is 4.14. The van der Waals surface area contributed by atoms with Gasteiger partial charge in [0.2, 0.25) is 0 Å². The van der Waals surface area contributed by atoms with Crippen LogP contribution in [0.5, 0.6) is 11.5 Å². The summed E-state index contributed by atoms with van der Waals surface area (Å²) in [7, 11) is 1.51. The molecule has 8 heteroatoms. The molecule has 1 aliphatic rings. The van der Waals surface area contributed by atoms with Gasteiger partial charge in [-0.25, -0.2) is 10.1 Å². The van der Waals surface area contributed by atoms with Crippen molar-refractivity contribution in [1.29, 1.82) is 0 Å². The summed E-state index contributed by atoms with van der Waals surface area (Å²) in [5, 5.41) is 9.08. The van der Waals surface area contributed by atoms with Crippen molar-refractivity contribution in [2.75, 3.05) is 6.61 Å². The first kappa shape index (κ1) is 19.6. The number of aryl methyl sites for hydroxylation is 1. The Morgan fingerprint density at radius 3 is 2.90 bits per heavy atom. The smallest absolute Gasteiger partial charge is 0.292 e. The maximum absolute atomic E-state index is 12.7. The fraction of sp³-hybridized carbons (Fsp3) is 0.273. The molecule has 1 amide bonds. The Morgan fingerprint density at radius 1 is 1.37 bits per heavy atom. The second kappa shape index (κ2) is 7.98. The van der Waals surface area contributed by atoms with Gasteiger partial charge in [-0.15, -0.1) is 0 Å². The number of carbonyl (C=O) groups is 1. The van der Waals surface area contributed by atoms with Gasteiger partial charge in [-0.1, -0.05) is 18.2 Å². The number of carbonyl (C=O) groups excluding carboxylic acids is 1. The van der Waals surface area contributed by atoms with Crippen LogP contribution in [-0.4, -0.2) is 34.6 Å². The number of ether oxygens (including phenoxy) is 2. The van der Waals surface area contributed by atoms with Crippen LogP contribution in [-0.2, 0) is 13.5 Å². The second-order valence-electron chi connectivity index (χ2n) is 7.09. The molecule has 2 heterocycles. The predicted molar refractivity (Wildman–Crippen MR) is 113 cm³/mol. The summed E-state index contributed by atoms with van der Waals surface area (Å²) in [6.45, 7) is 4.43. The number of amides is 1. The highest BCUT2D eigenvalue weighted by Gasteiger charge is 2.21. The number of hydrogen-bond donors (Lipinski definition) is 1. The summed E-state index contributed by atoms with van der Waals surface area (Å²) in [6.07, 6.45) is 2.46. The lowest BCUT2D eigenvalue weighted by atomic mass is 10.1. The van der Waals surface area contributed by atoms with Crippen molar-refractivity contribution in [2.24, 2.45) is 12.1 Å². The number of nitrogens with one attached hydrogen (secondary N) is 1. The highest BCUT2D eigenvalue weighted by molar-refractivity contribution is 6.05. The highest BCUT2D eigenvalue weighted by atomic mass is 16.5. The number of fused-ring (bicyclic) bond motifs is 2. The zero-order valence-corrected chi connectivity index (χ0v) is 17.0. The van der Waals surface area contributed by atoms with E-state index in [-0.39, 0.29) is 17.4 Å². The van der Waals surface area contributed by atoms with Crippen molar-refractivity contribution < 1.29 is 14.3 Å². The first-order valence-corrected chi connectivity index (χ1v) is 9.73. The van der Waals surface area contributed by atoms with Crippen LogP contribution in [0.15, 0.2) is 46.3 Å². The molecule has 0 spiro atoms. The normalized spacial score (nSPS) is 15.2. The molecule has 154 valence electrons. The Labute approximate surface area is 173 Å². The molecule has 1 aliphatic heterocycles. The average molecular weight is 406 g/mol. The molecule has 4 rings (SSSR count). The minimum absolute atomic E-state index is 0.116. The van der Waals surface area contributed by atoms with E-state index in [1.807, 2.05) is 26.0 Å². The molecule has 2 aromatic carbocycles. The van der Waals surface area contributed by atoms with Crippen LogP contribution in [0.25, 0.3) is 10.8 Å². The van der Waals surface area contributed by atoms with E-state index in [1.165, 1.54) is 13.3 Å². The number of hydrogen-bond acceptors (Lipinski definition) is 6. The van der Waals surface area contributed by atoms with E-state index < -0.39 is 5.91 Å². The van der Waals surface area contributed by atoms with Gasteiger partial charge in [0, 0.05) is 30.0 Å². The van der Waals surface area contributed by atoms with Crippen LogP contribution in [0.3, 0.4) is 0 Å². The van der Waals surface area contributed by atoms with E-state index in [2.05, 4.69) is 15.6 Å². The number of hydrazone groups is 1. The maximum atomic E-state index is 12.7. The van der Waals surface area contributed by atoms with Crippen molar-refractivity contribution in [3.05, 3.63) is 63.6 Å². The van der Waals surface area contributed by atoms with Gasteiger partial charge >= 0.3 is 0 Å². The van der Waals surface area contributed by atoms with Gasteiger partial charge in [0.1, 0.15) is 17.6 Å². The highest BCUT2D eigenvalue weighted by Crippen LogP contribution is 2.34. The van der Waals surface area contributed by atoms with E-state index in [9.17, 15) is 9.59 Å². The third-order valence-corrected chi connectivity index (χ3v) is 4.87. The molecule has 0 aliphatic carbocycles. The lowest BCUT2D eigenvalue weighted by Crippen LogP contribution is -2.27. The summed E-state index contributed by atoms with van der Waals surface area (Å²) in [6, 6.07) is 10.7. The van der Waals surface area contributed by atoms with E-state index in [4.69, 9.17) is 9.47 Å². The van der Waals surface area contributed by atoms with Crippen molar-refractivity contribution >= 4 is 22.9 Å². The van der Waals surface area contributed by atoms with Crippen molar-refractivity contribution in [2.45, 2.75) is 26.4 Å². The van der Waals surface area contributed by atoms with E-state index in [1.54, 1.807) is 24.3 Å². The fourth-order valence-corrected chi connectivity index (χ4v) is 3.52. The minimum Gasteiger partial charge on any atom is -0.493 e. The van der Waals surface area contributed by atoms with Gasteiger partial charge in [-0.2, -0.15) is 10.2 Å². The molecule has 30 heavy (non-hydrogen) atoms. The Hall–Kier alpha value is -3.68. The van der Waals surface area contributed by atoms with E-state index in [0.717, 1.165) is 22.4 Å². The molecule has 0 unspecified atom stereocenters. The van der Waals surface area contributed by atoms with Gasteiger partial charge in [0.15, 0.2) is 5.69 Å². The summed E-state index contributed by atoms with van der Waals surface area (Å²) < 4.78 is 12.7. The molecule has 0 saturated heterocycles. The summed E-state index contributed by atoms with van der Waals surface area (Å²) >= 11 is 0. The molecule has 1 N–H and O–H groups in total. The molecule has 1 atom stereocenters. The lowest BCUT2D eigenvalue weighted by Gasteiger charge is -2.10. The van der Waals surface area contributed by atoms with Gasteiger partial charge < -0.3 is 9.47 Å². The Balaban J connectivity index is 1.61. The van der Waals surface area contributed by atoms with Gasteiger partial charge in [0.25, 0.3) is 11.5 Å². The quantitative estimate of drug-likeness (QED) is 0.519. The third kappa shape index (κ3) is 3.63. The van der Waals surface area contributed by atoms with Gasteiger partial charge in [-0.05, 0) is 32.0 Å². The van der Waals surface area contributed by atoms with Crippen LogP contribution in [0.1, 0.15) is 35.5 Å². The molecule has 0 bridgehead atoms. The maximum Gasteiger partial charge on any atom is 0.292 e. The third-order valence-electron chi connectivity index (χ3n) is 4.87. The molecule has 8 nitrogen and oxygen atoms in total. The van der Waals surface area contributed by atoms with E-state index in [0.29, 0.717) is 28.7 Å². The lowest BCUT2D eigenvalue weighted by molar-refractivity contribution is 0.0950. The molecular weight excluding hydrogens is 384 g/mol. The number of benzene rings is 2. The zero-order valence-electron chi connectivity index (χ0n) is 17.0. The minimum atomic E-state index is -0.512. The van der Waals surface area contributed by atoms with Crippen LogP contribution in [0.4, 0.5) is 0 Å². The number of aromatic nitrogens is 2. The summed E-state index contributed by atoms with van der Waals surface area (Å²) in [5.74, 6) is 0.962. The van der Waals surface area contributed by atoms with Gasteiger partial charge in [-0.3, -0.25) is 9.59 Å². The second-order valence-corrected chi connectivity index (χ2v) is 7.09. The van der Waals surface area contributed by atoms with Crippen molar-refractivity contribution in [3.8, 4) is 11.5 Å². The molecule has 0 saturated carbocycles. The van der Waals surface area contributed by atoms with Crippen molar-refractivity contribution in [1.82, 2.24) is 15.2 Å². The average Bonchev–Trinajstić information content (AvgIpc) is 3.09. The fourth-order valence-electron chi connectivity index (χ4n) is 3.52. The van der Waals surface area contributed by atoms with Crippen molar-refractivity contribution in [3.63, 3.8) is 0 Å². The standard InChI is InChI=1S/C22H22N4O4/c1-4-29-18-10-14-9-13(2)30-19(14)11-15(18)12-23-24-21(27)20-16-7-5-6-8-17(16)22(28)26(3)25-20/h5-8,10-13H,4,9H2,1-3H3,(H,24,27)/b23-12-/t13-/m1/s1. The molecular formula is C22H22N4O4. The first-order valence-electron chi connectivity index (χ1n) is 9.73. The monoisotopic (exact) mass is 406 g/mol. The van der Waals surface area contributed by atoms with Crippen LogP contribution in [0, 0.1) is 0 Å². The Kier molecular flexibility index (Phi) is 5.22. The SMILES string of the molecule is CCOc1cc2c(cc1/C=N\NC(=O)c1nn(C)c(=O)c3ccccc13)O[C@H](C)C2. The summed E-state index contributed by atoms with van der Waals surface area (Å²) in [4.78, 5) is 24.9. The molecule has 0 fully saturated rings. The van der Waals surface area contributed by atoms with Crippen LogP contribution >= 0.6 is 0 Å². The molecule has 3 aromatic rings. The zero-order chi connectivity index (χ0) is 21.3. The first-order chi connectivity index (χ1) is 14.5. The largest absolute Gasteiger partial charge is 0.493 e. The number of nitrogens with zero attached hydrogens (tertiary/aromatic N) is 3. The molecule has 0 radical (unpaired) electrons. The number of rotatable bonds is 5. The predicted octanol–water partition coefficient (Wildman–Crippen LogP) is 2.42. The Bertz CT molecular complexity index is 1220. The topological polar surface area (TPSA) is 94.8 Å². The Morgan fingerprint density at radius 2 is 2.13 bits per heavy atom. The van der Waals surface area contributed by atoms with E-state index >= 15 is 0 Å². The van der Waals surface area contributed by atoms with Gasteiger partial charge in [0.05, 0.1) is 18.2 Å². The van der Waals surface area contributed by atoms with Crippen LogP contribution in [0.2, 0.25) is 0 Å². The molecule has 1 aromatic heterocycles.